The number of aromatic nitrogens is 4. The molecule has 1 aliphatic rings. The zero-order valence-electron chi connectivity index (χ0n) is 26.6. The normalized spacial score (nSPS) is 16.7. The number of benzene rings is 1. The number of methoxy groups -OCH3 is 2. The smallest absolute Gasteiger partial charge is 0.416 e. The Labute approximate surface area is 267 Å². The van der Waals surface area contributed by atoms with Crippen LogP contribution in [0.2, 0.25) is 0 Å². The van der Waals surface area contributed by atoms with Gasteiger partial charge in [0.2, 0.25) is 5.95 Å². The summed E-state index contributed by atoms with van der Waals surface area (Å²) in [4.78, 5) is 26.1. The van der Waals surface area contributed by atoms with Gasteiger partial charge >= 0.3 is 18.4 Å². The molecule has 0 fully saturated rings. The number of carboxylic acid groups (broad SMARTS) is 1. The van der Waals surface area contributed by atoms with Crippen LogP contribution >= 0.6 is 0 Å². The van der Waals surface area contributed by atoms with Gasteiger partial charge in [0, 0.05) is 52.5 Å². The molecular formula is C30H37F6N7O4. The number of anilines is 3. The molecule has 258 valence electrons. The molecule has 0 bridgehead atoms. The summed E-state index contributed by atoms with van der Waals surface area (Å²) in [7, 11) is 4.68. The Morgan fingerprint density at radius 3 is 2.02 bits per heavy atom. The summed E-state index contributed by atoms with van der Waals surface area (Å²) in [5.41, 5.74) is -1.69. The molecule has 47 heavy (non-hydrogen) atoms. The zero-order chi connectivity index (χ0) is 34.7. The topological polar surface area (TPSA) is 109 Å². The number of fused-ring (bicyclic) bond motifs is 1. The van der Waals surface area contributed by atoms with Crippen LogP contribution in [0.1, 0.15) is 53.8 Å². The van der Waals surface area contributed by atoms with Crippen LogP contribution in [0.5, 0.6) is 0 Å². The number of amides is 1. The minimum Gasteiger partial charge on any atom is -0.465 e. The Hall–Kier alpha value is -4.12. The second kappa shape index (κ2) is 14.3. The molecule has 17 heteroatoms. The molecule has 0 spiro atoms. The summed E-state index contributed by atoms with van der Waals surface area (Å²) in [6.07, 6.45) is -7.77. The Kier molecular flexibility index (Phi) is 10.9. The summed E-state index contributed by atoms with van der Waals surface area (Å²) in [6.45, 7) is 4.72. The number of ether oxygens (including phenoxy) is 2. The van der Waals surface area contributed by atoms with Gasteiger partial charge in [-0.2, -0.15) is 31.4 Å². The van der Waals surface area contributed by atoms with Crippen molar-refractivity contribution in [1.29, 1.82) is 0 Å². The van der Waals surface area contributed by atoms with Gasteiger partial charge in [-0.25, -0.2) is 14.8 Å². The lowest BCUT2D eigenvalue weighted by molar-refractivity contribution is -0.143. The second-order valence-electron chi connectivity index (χ2n) is 11.2. The lowest BCUT2D eigenvalue weighted by Crippen LogP contribution is -2.48. The maximum atomic E-state index is 13.8. The van der Waals surface area contributed by atoms with Crippen LogP contribution in [0, 0.1) is 6.92 Å². The van der Waals surface area contributed by atoms with Gasteiger partial charge < -0.3 is 24.4 Å². The van der Waals surface area contributed by atoms with E-state index in [-0.39, 0.29) is 29.8 Å². The van der Waals surface area contributed by atoms with Crippen LogP contribution in [0.15, 0.2) is 30.6 Å². The van der Waals surface area contributed by atoms with Crippen LogP contribution in [0.25, 0.3) is 0 Å². The fourth-order valence-electron chi connectivity index (χ4n) is 5.90. The van der Waals surface area contributed by atoms with Crippen molar-refractivity contribution in [1.82, 2.24) is 19.7 Å². The third kappa shape index (κ3) is 7.89. The molecule has 2 unspecified atom stereocenters. The largest absolute Gasteiger partial charge is 0.465 e. The highest BCUT2D eigenvalue weighted by Crippen LogP contribution is 2.45. The number of rotatable bonds is 12. The molecule has 3 aromatic rings. The van der Waals surface area contributed by atoms with Crippen LogP contribution in [-0.2, 0) is 35.4 Å². The standard InChI is InChI=1S/C30H37F6N7O4/c1-6-22-14-24(25-18(2)39-40(3)26(25)43(22)28(44)45)42(17-19-11-20(29(31,32)33)13-21(12-19)30(34,35)36)27-37-15-23(16-38-27)41(7-9-46-4)8-10-47-5/h11-13,15-16,22,24H,6-10,14,17H2,1-5H3,(H,44,45). The van der Waals surface area contributed by atoms with Crippen molar-refractivity contribution < 1.29 is 45.7 Å². The molecule has 4 rings (SSSR count). The van der Waals surface area contributed by atoms with Gasteiger partial charge in [0.1, 0.15) is 5.82 Å². The van der Waals surface area contributed by atoms with Crippen molar-refractivity contribution in [2.75, 3.05) is 55.2 Å². The van der Waals surface area contributed by atoms with Gasteiger partial charge in [-0.05, 0) is 43.5 Å². The van der Waals surface area contributed by atoms with Crippen LogP contribution in [0.3, 0.4) is 0 Å². The van der Waals surface area contributed by atoms with E-state index in [0.29, 0.717) is 61.8 Å². The summed E-state index contributed by atoms with van der Waals surface area (Å²) in [5.74, 6) is 0.279. The van der Waals surface area contributed by atoms with Gasteiger partial charge in [-0.1, -0.05) is 6.92 Å². The predicted molar refractivity (Wildman–Crippen MR) is 161 cm³/mol. The third-order valence-electron chi connectivity index (χ3n) is 8.09. The predicted octanol–water partition coefficient (Wildman–Crippen LogP) is 6.07. The second-order valence-corrected chi connectivity index (χ2v) is 11.2. The van der Waals surface area contributed by atoms with Crippen LogP contribution in [0.4, 0.5) is 48.6 Å². The van der Waals surface area contributed by atoms with Crippen molar-refractivity contribution in [3.05, 3.63) is 58.5 Å². The highest BCUT2D eigenvalue weighted by atomic mass is 19.4. The monoisotopic (exact) mass is 673 g/mol. The van der Waals surface area contributed by atoms with Gasteiger partial charge in [-0.3, -0.25) is 9.58 Å². The molecule has 1 aliphatic heterocycles. The lowest BCUT2D eigenvalue weighted by Gasteiger charge is -2.42. The lowest BCUT2D eigenvalue weighted by atomic mass is 9.90. The van der Waals surface area contributed by atoms with E-state index < -0.39 is 48.2 Å². The van der Waals surface area contributed by atoms with E-state index in [1.807, 2.05) is 4.90 Å². The molecule has 2 aromatic heterocycles. The Bertz CT molecular complexity index is 1490. The SMILES string of the molecule is CCC1CC(N(Cc2cc(C(F)(F)F)cc(C(F)(F)F)c2)c2ncc(N(CCOC)CCOC)cn2)c2c(C)nn(C)c2N1C(=O)O. The number of halogens is 6. The minimum absolute atomic E-state index is 0.0241. The van der Waals surface area contributed by atoms with E-state index in [0.717, 1.165) is 0 Å². The number of carbonyl (C=O) groups is 1. The maximum Gasteiger partial charge on any atom is 0.416 e. The molecule has 0 radical (unpaired) electrons. The van der Waals surface area contributed by atoms with Crippen molar-refractivity contribution in [2.24, 2.45) is 7.05 Å². The van der Waals surface area contributed by atoms with Gasteiger partial charge in [0.15, 0.2) is 0 Å². The van der Waals surface area contributed by atoms with E-state index in [4.69, 9.17) is 9.47 Å². The van der Waals surface area contributed by atoms with Crippen molar-refractivity contribution in [3.63, 3.8) is 0 Å². The summed E-state index contributed by atoms with van der Waals surface area (Å²) < 4.78 is 94.7. The third-order valence-corrected chi connectivity index (χ3v) is 8.09. The fourth-order valence-corrected chi connectivity index (χ4v) is 5.90. The first-order valence-electron chi connectivity index (χ1n) is 14.8. The molecule has 1 N–H and O–H groups in total. The van der Waals surface area contributed by atoms with E-state index in [9.17, 15) is 36.2 Å². The highest BCUT2D eigenvalue weighted by Gasteiger charge is 2.43. The Morgan fingerprint density at radius 2 is 1.55 bits per heavy atom. The zero-order valence-corrected chi connectivity index (χ0v) is 26.6. The number of alkyl halides is 6. The van der Waals surface area contributed by atoms with E-state index in [2.05, 4.69) is 15.1 Å². The van der Waals surface area contributed by atoms with Gasteiger partial charge in [0.05, 0.1) is 54.2 Å². The van der Waals surface area contributed by atoms with Crippen LogP contribution in [-0.4, -0.2) is 77.5 Å². The summed E-state index contributed by atoms with van der Waals surface area (Å²) >= 11 is 0. The molecule has 0 saturated heterocycles. The minimum atomic E-state index is -5.04. The highest BCUT2D eigenvalue weighted by molar-refractivity contribution is 5.88. The first kappa shape index (κ1) is 35.7. The van der Waals surface area contributed by atoms with Crippen molar-refractivity contribution >= 4 is 23.5 Å². The molecule has 0 saturated carbocycles. The first-order chi connectivity index (χ1) is 22.1. The number of hydrogen-bond donors (Lipinski definition) is 1. The quantitative estimate of drug-likeness (QED) is 0.229. The molecule has 0 aliphatic carbocycles. The molecule has 1 amide bonds. The average Bonchev–Trinajstić information content (AvgIpc) is 3.31. The van der Waals surface area contributed by atoms with E-state index >= 15 is 0 Å². The molecular weight excluding hydrogens is 636 g/mol. The number of hydrogen-bond acceptors (Lipinski definition) is 8. The summed E-state index contributed by atoms with van der Waals surface area (Å²) in [5, 5.41) is 14.6. The molecule has 2 atom stereocenters. The van der Waals surface area contributed by atoms with E-state index in [1.165, 1.54) is 26.9 Å². The Morgan fingerprint density at radius 1 is 1.00 bits per heavy atom. The molecule has 1 aromatic carbocycles. The fraction of sp³-hybridized carbons (Fsp3) is 0.533. The average molecular weight is 674 g/mol. The van der Waals surface area contributed by atoms with Crippen LogP contribution < -0.4 is 14.7 Å². The molecule has 3 heterocycles. The van der Waals surface area contributed by atoms with Gasteiger partial charge in [-0.15, -0.1) is 0 Å². The first-order valence-corrected chi connectivity index (χ1v) is 14.8. The summed E-state index contributed by atoms with van der Waals surface area (Å²) in [6, 6.07) is 0.0815. The maximum absolute atomic E-state index is 13.8. The van der Waals surface area contributed by atoms with Crippen molar-refractivity contribution in [3.8, 4) is 0 Å². The van der Waals surface area contributed by atoms with Crippen molar-refractivity contribution in [2.45, 2.75) is 57.7 Å². The molecule has 11 nitrogen and oxygen atoms in total. The number of nitrogens with zero attached hydrogens (tertiary/aromatic N) is 7. The van der Waals surface area contributed by atoms with Gasteiger partial charge in [0.25, 0.3) is 0 Å². The van der Waals surface area contributed by atoms with E-state index in [1.54, 1.807) is 35.1 Å². The Balaban J connectivity index is 1.89. The number of aryl methyl sites for hydroxylation is 2.